The van der Waals surface area contributed by atoms with Gasteiger partial charge in [-0.1, -0.05) is 0 Å². The largest absolute Gasteiger partial charge is 0.396 e. The number of aliphatic hydroxyl groups is 1. The summed E-state index contributed by atoms with van der Waals surface area (Å²) in [6.45, 7) is 3.52. The molecule has 0 aliphatic carbocycles. The van der Waals surface area contributed by atoms with Crippen LogP contribution in [-0.2, 0) is 7.05 Å². The van der Waals surface area contributed by atoms with Crippen LogP contribution in [0.2, 0.25) is 0 Å². The van der Waals surface area contributed by atoms with Gasteiger partial charge in [0.2, 0.25) is 0 Å². The fourth-order valence-electron chi connectivity index (χ4n) is 2.71. The molecule has 0 radical (unpaired) electrons. The van der Waals surface area contributed by atoms with E-state index in [2.05, 4.69) is 10.1 Å². The molecular weight excluding hydrogens is 300 g/mol. The van der Waals surface area contributed by atoms with E-state index in [1.807, 2.05) is 25.1 Å². The summed E-state index contributed by atoms with van der Waals surface area (Å²) < 4.78 is 1.73. The van der Waals surface area contributed by atoms with Crippen LogP contribution in [0.15, 0.2) is 12.4 Å². The molecular formula is C15H20N4O2S. The Kier molecular flexibility index (Phi) is 4.26. The van der Waals surface area contributed by atoms with Crippen molar-refractivity contribution in [2.24, 2.45) is 13.0 Å². The maximum absolute atomic E-state index is 12.7. The average molecular weight is 320 g/mol. The van der Waals surface area contributed by atoms with Gasteiger partial charge in [-0.15, -0.1) is 11.3 Å². The van der Waals surface area contributed by atoms with Gasteiger partial charge in [-0.2, -0.15) is 5.10 Å². The minimum atomic E-state index is 0.0570. The van der Waals surface area contributed by atoms with Crippen molar-refractivity contribution < 1.29 is 9.90 Å². The third-order valence-electron chi connectivity index (χ3n) is 4.10. The van der Waals surface area contributed by atoms with Crippen molar-refractivity contribution in [3.05, 3.63) is 23.0 Å². The number of rotatable bonds is 3. The number of aryl methyl sites for hydroxylation is 2. The van der Waals surface area contributed by atoms with Crippen LogP contribution in [-0.4, -0.2) is 50.4 Å². The highest BCUT2D eigenvalue weighted by molar-refractivity contribution is 7.17. The van der Waals surface area contributed by atoms with Crippen LogP contribution in [0.3, 0.4) is 0 Å². The smallest absolute Gasteiger partial charge is 0.265 e. The molecule has 0 aromatic carbocycles. The van der Waals surface area contributed by atoms with Gasteiger partial charge in [0.25, 0.3) is 5.91 Å². The molecule has 3 heterocycles. The lowest BCUT2D eigenvalue weighted by Gasteiger charge is -2.30. The van der Waals surface area contributed by atoms with E-state index in [9.17, 15) is 9.90 Å². The topological polar surface area (TPSA) is 71.2 Å². The quantitative estimate of drug-likeness (QED) is 0.934. The zero-order chi connectivity index (χ0) is 15.7. The number of aliphatic hydroxyl groups excluding tert-OH is 1. The molecule has 7 heteroatoms. The minimum absolute atomic E-state index is 0.0570. The van der Waals surface area contributed by atoms with E-state index >= 15 is 0 Å². The fraction of sp³-hybridized carbons (Fsp3) is 0.533. The highest BCUT2D eigenvalue weighted by Gasteiger charge is 2.26. The SMILES string of the molecule is Cc1nc(-c2cnn(C)c2)sc1C(=O)N1CCC(CO)CC1. The molecule has 3 rings (SSSR count). The van der Waals surface area contributed by atoms with Gasteiger partial charge in [0, 0.05) is 38.5 Å². The van der Waals surface area contributed by atoms with E-state index < -0.39 is 0 Å². The average Bonchev–Trinajstić information content (AvgIpc) is 3.12. The van der Waals surface area contributed by atoms with Crippen molar-refractivity contribution in [3.8, 4) is 10.6 Å². The van der Waals surface area contributed by atoms with Crippen molar-refractivity contribution in [2.75, 3.05) is 19.7 Å². The number of hydrogen-bond donors (Lipinski definition) is 1. The van der Waals surface area contributed by atoms with Gasteiger partial charge in [0.15, 0.2) is 0 Å². The maximum atomic E-state index is 12.7. The Hall–Kier alpha value is -1.73. The number of carbonyl (C=O) groups excluding carboxylic acids is 1. The second kappa shape index (κ2) is 6.18. The first-order valence-electron chi connectivity index (χ1n) is 7.45. The molecule has 1 saturated heterocycles. The van der Waals surface area contributed by atoms with Crippen molar-refractivity contribution in [2.45, 2.75) is 19.8 Å². The van der Waals surface area contributed by atoms with Gasteiger partial charge in [-0.25, -0.2) is 4.98 Å². The maximum Gasteiger partial charge on any atom is 0.265 e. The van der Waals surface area contributed by atoms with E-state index in [0.29, 0.717) is 23.9 Å². The van der Waals surface area contributed by atoms with Crippen LogP contribution >= 0.6 is 11.3 Å². The second-order valence-corrected chi connectivity index (χ2v) is 6.75. The molecule has 2 aromatic heterocycles. The zero-order valence-electron chi connectivity index (χ0n) is 12.8. The lowest BCUT2D eigenvalue weighted by molar-refractivity contribution is 0.0654. The van der Waals surface area contributed by atoms with Crippen molar-refractivity contribution >= 4 is 17.2 Å². The van der Waals surface area contributed by atoms with Crippen LogP contribution in [0, 0.1) is 12.8 Å². The lowest BCUT2D eigenvalue weighted by Crippen LogP contribution is -2.39. The summed E-state index contributed by atoms with van der Waals surface area (Å²) in [6, 6.07) is 0. The summed E-state index contributed by atoms with van der Waals surface area (Å²) in [6.07, 6.45) is 5.41. The summed E-state index contributed by atoms with van der Waals surface area (Å²) in [4.78, 5) is 19.8. The first kappa shape index (κ1) is 15.2. The number of hydrogen-bond acceptors (Lipinski definition) is 5. The van der Waals surface area contributed by atoms with Gasteiger partial charge >= 0.3 is 0 Å². The third kappa shape index (κ3) is 2.91. The molecule has 0 spiro atoms. The molecule has 1 aliphatic rings. The molecule has 0 saturated carbocycles. The molecule has 1 amide bonds. The van der Waals surface area contributed by atoms with Crippen LogP contribution in [0.1, 0.15) is 28.2 Å². The number of nitrogens with zero attached hydrogens (tertiary/aromatic N) is 4. The highest BCUT2D eigenvalue weighted by Crippen LogP contribution is 2.29. The van der Waals surface area contributed by atoms with Crippen molar-refractivity contribution in [1.82, 2.24) is 19.7 Å². The molecule has 22 heavy (non-hydrogen) atoms. The van der Waals surface area contributed by atoms with E-state index in [1.54, 1.807) is 10.9 Å². The number of piperidine rings is 1. The Morgan fingerprint density at radius 2 is 2.18 bits per heavy atom. The van der Waals surface area contributed by atoms with Gasteiger partial charge < -0.3 is 10.0 Å². The first-order valence-corrected chi connectivity index (χ1v) is 8.26. The van der Waals surface area contributed by atoms with Crippen molar-refractivity contribution in [3.63, 3.8) is 0 Å². The summed E-state index contributed by atoms with van der Waals surface area (Å²) in [5.41, 5.74) is 1.71. The van der Waals surface area contributed by atoms with Crippen LogP contribution in [0.5, 0.6) is 0 Å². The Morgan fingerprint density at radius 1 is 1.45 bits per heavy atom. The Morgan fingerprint density at radius 3 is 2.77 bits per heavy atom. The molecule has 0 bridgehead atoms. The molecule has 0 unspecified atom stereocenters. The Labute approximate surface area is 133 Å². The standard InChI is InChI=1S/C15H20N4O2S/c1-10-13(15(21)19-5-3-11(9-20)4-6-19)22-14(17-10)12-7-16-18(2)8-12/h7-8,11,20H,3-6,9H2,1-2H3. The second-order valence-electron chi connectivity index (χ2n) is 5.75. The predicted molar refractivity (Wildman–Crippen MR) is 84.8 cm³/mol. The molecule has 118 valence electrons. The monoisotopic (exact) mass is 320 g/mol. The molecule has 1 N–H and O–H groups in total. The Bertz CT molecular complexity index is 671. The summed E-state index contributed by atoms with van der Waals surface area (Å²) >= 11 is 1.43. The van der Waals surface area contributed by atoms with E-state index in [4.69, 9.17) is 0 Å². The van der Waals surface area contributed by atoms with Crippen LogP contribution in [0.25, 0.3) is 10.6 Å². The highest BCUT2D eigenvalue weighted by atomic mass is 32.1. The molecule has 1 fully saturated rings. The van der Waals surface area contributed by atoms with Gasteiger partial charge in [0.05, 0.1) is 11.9 Å². The zero-order valence-corrected chi connectivity index (χ0v) is 13.6. The van der Waals surface area contributed by atoms with E-state index in [1.165, 1.54) is 11.3 Å². The van der Waals surface area contributed by atoms with Gasteiger partial charge in [-0.3, -0.25) is 9.48 Å². The fourth-order valence-corrected chi connectivity index (χ4v) is 3.72. The van der Waals surface area contributed by atoms with Crippen molar-refractivity contribution in [1.29, 1.82) is 0 Å². The molecule has 2 aromatic rings. The van der Waals surface area contributed by atoms with E-state index in [-0.39, 0.29) is 12.5 Å². The number of likely N-dealkylation sites (tertiary alicyclic amines) is 1. The minimum Gasteiger partial charge on any atom is -0.396 e. The molecule has 6 nitrogen and oxygen atoms in total. The molecule has 0 atom stereocenters. The summed E-state index contributed by atoms with van der Waals surface area (Å²) in [5, 5.41) is 14.2. The van der Waals surface area contributed by atoms with Crippen LogP contribution in [0.4, 0.5) is 0 Å². The normalized spacial score (nSPS) is 16.2. The molecule has 1 aliphatic heterocycles. The number of thiazole rings is 1. The van der Waals surface area contributed by atoms with Gasteiger partial charge in [0.1, 0.15) is 9.88 Å². The summed E-state index contributed by atoms with van der Waals surface area (Å²) in [5.74, 6) is 0.388. The third-order valence-corrected chi connectivity index (χ3v) is 5.30. The Balaban J connectivity index is 1.77. The van der Waals surface area contributed by atoms with Gasteiger partial charge in [-0.05, 0) is 25.7 Å². The number of carbonyl (C=O) groups is 1. The van der Waals surface area contributed by atoms with E-state index in [0.717, 1.165) is 29.1 Å². The number of amides is 1. The van der Waals surface area contributed by atoms with Crippen LogP contribution < -0.4 is 0 Å². The predicted octanol–water partition coefficient (Wildman–Crippen LogP) is 1.70. The number of aromatic nitrogens is 3. The lowest BCUT2D eigenvalue weighted by atomic mass is 9.98. The first-order chi connectivity index (χ1) is 10.6. The summed E-state index contributed by atoms with van der Waals surface area (Å²) in [7, 11) is 1.86.